The van der Waals surface area contributed by atoms with Crippen molar-refractivity contribution in [2.75, 3.05) is 5.32 Å². The van der Waals surface area contributed by atoms with Crippen molar-refractivity contribution in [1.29, 1.82) is 0 Å². The van der Waals surface area contributed by atoms with Gasteiger partial charge in [0.05, 0.1) is 0 Å². The molecule has 6 heteroatoms. The molecule has 0 unspecified atom stereocenters. The lowest BCUT2D eigenvalue weighted by Crippen LogP contribution is -2.12. The number of carboxylic acids is 1. The Morgan fingerprint density at radius 3 is 2.44 bits per heavy atom. The SMILES string of the molecule is O=C(Nc1ccc(O)c(C(=O)O)c1)c1cccc(OCc2ccccc2)c1. The quantitative estimate of drug-likeness (QED) is 0.577. The molecular formula is C21H17NO5. The van der Waals surface area contributed by atoms with Gasteiger partial charge in [0.25, 0.3) is 5.91 Å². The largest absolute Gasteiger partial charge is 0.507 e. The zero-order valence-electron chi connectivity index (χ0n) is 14.3. The molecule has 1 amide bonds. The average Bonchev–Trinajstić information content (AvgIpc) is 2.68. The van der Waals surface area contributed by atoms with Gasteiger partial charge in [0.2, 0.25) is 0 Å². The van der Waals surface area contributed by atoms with Gasteiger partial charge in [-0.3, -0.25) is 4.79 Å². The number of carbonyl (C=O) groups is 2. The van der Waals surface area contributed by atoms with E-state index in [1.807, 2.05) is 30.3 Å². The van der Waals surface area contributed by atoms with Crippen molar-refractivity contribution >= 4 is 17.6 Å². The molecule has 136 valence electrons. The molecule has 0 aliphatic rings. The van der Waals surface area contributed by atoms with Crippen LogP contribution in [-0.2, 0) is 6.61 Å². The molecule has 0 spiro atoms. The average molecular weight is 363 g/mol. The van der Waals surface area contributed by atoms with E-state index in [1.165, 1.54) is 18.2 Å². The van der Waals surface area contributed by atoms with Gasteiger partial charge in [0.15, 0.2) is 0 Å². The zero-order valence-corrected chi connectivity index (χ0v) is 14.3. The van der Waals surface area contributed by atoms with Crippen LogP contribution in [0.1, 0.15) is 26.3 Å². The van der Waals surface area contributed by atoms with Crippen LogP contribution in [0.5, 0.6) is 11.5 Å². The molecule has 0 fully saturated rings. The first-order chi connectivity index (χ1) is 13.0. The molecule has 0 saturated carbocycles. The molecule has 3 aromatic rings. The van der Waals surface area contributed by atoms with Crippen molar-refractivity contribution in [3.05, 3.63) is 89.5 Å². The second-order valence-electron chi connectivity index (χ2n) is 5.79. The van der Waals surface area contributed by atoms with E-state index in [2.05, 4.69) is 5.32 Å². The third kappa shape index (κ3) is 4.64. The Hall–Kier alpha value is -3.80. The molecule has 6 nitrogen and oxygen atoms in total. The van der Waals surface area contributed by atoms with E-state index in [9.17, 15) is 14.7 Å². The summed E-state index contributed by atoms with van der Waals surface area (Å²) in [6.45, 7) is 0.381. The molecule has 0 heterocycles. The summed E-state index contributed by atoms with van der Waals surface area (Å²) in [4.78, 5) is 23.5. The van der Waals surface area contributed by atoms with Crippen LogP contribution in [0.4, 0.5) is 5.69 Å². The number of hydrogen-bond acceptors (Lipinski definition) is 4. The highest BCUT2D eigenvalue weighted by molar-refractivity contribution is 6.05. The molecule has 3 N–H and O–H groups in total. The predicted molar refractivity (Wildman–Crippen MR) is 100 cm³/mol. The van der Waals surface area contributed by atoms with Crippen molar-refractivity contribution in [2.45, 2.75) is 6.61 Å². The van der Waals surface area contributed by atoms with E-state index >= 15 is 0 Å². The van der Waals surface area contributed by atoms with Crippen LogP contribution < -0.4 is 10.1 Å². The molecular weight excluding hydrogens is 346 g/mol. The first-order valence-corrected chi connectivity index (χ1v) is 8.17. The smallest absolute Gasteiger partial charge is 0.339 e. The minimum absolute atomic E-state index is 0.269. The predicted octanol–water partition coefficient (Wildman–Crippen LogP) is 3.92. The minimum atomic E-state index is -1.28. The van der Waals surface area contributed by atoms with Gasteiger partial charge in [0.1, 0.15) is 23.7 Å². The highest BCUT2D eigenvalue weighted by atomic mass is 16.5. The van der Waals surface area contributed by atoms with Gasteiger partial charge in [0, 0.05) is 11.3 Å². The first kappa shape index (κ1) is 18.0. The summed E-state index contributed by atoms with van der Waals surface area (Å²) in [5.41, 5.74) is 1.36. The van der Waals surface area contributed by atoms with Gasteiger partial charge >= 0.3 is 5.97 Å². The monoisotopic (exact) mass is 363 g/mol. The van der Waals surface area contributed by atoms with E-state index in [0.717, 1.165) is 5.56 Å². The van der Waals surface area contributed by atoms with Gasteiger partial charge in [-0.25, -0.2) is 4.79 Å². The van der Waals surface area contributed by atoms with E-state index in [0.29, 0.717) is 17.9 Å². The van der Waals surface area contributed by atoms with Crippen molar-refractivity contribution in [3.63, 3.8) is 0 Å². The van der Waals surface area contributed by atoms with Crippen LogP contribution in [0.15, 0.2) is 72.8 Å². The summed E-state index contributed by atoms with van der Waals surface area (Å²) in [5, 5.41) is 21.2. The maximum absolute atomic E-state index is 12.4. The van der Waals surface area contributed by atoms with Gasteiger partial charge < -0.3 is 20.3 Å². The molecule has 3 aromatic carbocycles. The van der Waals surface area contributed by atoms with Gasteiger partial charge in [-0.1, -0.05) is 36.4 Å². The Labute approximate surface area is 155 Å². The Bertz CT molecular complexity index is 969. The molecule has 27 heavy (non-hydrogen) atoms. The van der Waals surface area contributed by atoms with Crippen LogP contribution in [0.25, 0.3) is 0 Å². The third-order valence-electron chi connectivity index (χ3n) is 3.83. The Morgan fingerprint density at radius 1 is 0.926 bits per heavy atom. The van der Waals surface area contributed by atoms with Crippen molar-refractivity contribution in [2.24, 2.45) is 0 Å². The minimum Gasteiger partial charge on any atom is -0.507 e. The number of carboxylic acid groups (broad SMARTS) is 1. The van der Waals surface area contributed by atoms with E-state index in [1.54, 1.807) is 24.3 Å². The first-order valence-electron chi connectivity index (χ1n) is 8.17. The van der Waals surface area contributed by atoms with Crippen molar-refractivity contribution < 1.29 is 24.5 Å². The Kier molecular flexibility index (Phi) is 5.37. The zero-order chi connectivity index (χ0) is 19.2. The number of anilines is 1. The highest BCUT2D eigenvalue weighted by Crippen LogP contribution is 2.22. The van der Waals surface area contributed by atoms with Gasteiger partial charge in [-0.2, -0.15) is 0 Å². The number of carbonyl (C=O) groups excluding carboxylic acids is 1. The summed E-state index contributed by atoms with van der Waals surface area (Å²) < 4.78 is 5.71. The number of amides is 1. The standard InChI is InChI=1S/C21H17NO5/c23-19-10-9-16(12-18(19)21(25)26)22-20(24)15-7-4-8-17(11-15)27-13-14-5-2-1-3-6-14/h1-12,23H,13H2,(H,22,24)(H,25,26). The van der Waals surface area contributed by atoms with Crippen molar-refractivity contribution in [1.82, 2.24) is 0 Å². The Balaban J connectivity index is 1.70. The topological polar surface area (TPSA) is 95.9 Å². The normalized spacial score (nSPS) is 10.2. The number of aromatic carboxylic acids is 1. The molecule has 0 aliphatic heterocycles. The maximum Gasteiger partial charge on any atom is 0.339 e. The van der Waals surface area contributed by atoms with Crippen LogP contribution in [0, 0.1) is 0 Å². The lowest BCUT2D eigenvalue weighted by Gasteiger charge is -2.10. The maximum atomic E-state index is 12.4. The van der Waals surface area contributed by atoms with Gasteiger partial charge in [-0.15, -0.1) is 0 Å². The fraction of sp³-hybridized carbons (Fsp3) is 0.0476. The molecule has 0 aliphatic carbocycles. The Morgan fingerprint density at radius 2 is 1.70 bits per heavy atom. The summed E-state index contributed by atoms with van der Waals surface area (Å²) in [6, 6.07) is 20.2. The highest BCUT2D eigenvalue weighted by Gasteiger charge is 2.13. The lowest BCUT2D eigenvalue weighted by molar-refractivity contribution is 0.0693. The van der Waals surface area contributed by atoms with E-state index in [-0.39, 0.29) is 17.0 Å². The van der Waals surface area contributed by atoms with Crippen LogP contribution >= 0.6 is 0 Å². The van der Waals surface area contributed by atoms with Crippen LogP contribution in [0.3, 0.4) is 0 Å². The summed E-state index contributed by atoms with van der Waals surface area (Å²) >= 11 is 0. The van der Waals surface area contributed by atoms with Gasteiger partial charge in [-0.05, 0) is 42.0 Å². The number of hydrogen-bond donors (Lipinski definition) is 3. The number of nitrogens with one attached hydrogen (secondary N) is 1. The van der Waals surface area contributed by atoms with E-state index in [4.69, 9.17) is 9.84 Å². The van der Waals surface area contributed by atoms with E-state index < -0.39 is 11.9 Å². The lowest BCUT2D eigenvalue weighted by atomic mass is 10.1. The van der Waals surface area contributed by atoms with Crippen LogP contribution in [0.2, 0.25) is 0 Å². The molecule has 3 rings (SSSR count). The number of aromatic hydroxyl groups is 1. The van der Waals surface area contributed by atoms with Crippen LogP contribution in [-0.4, -0.2) is 22.1 Å². The number of rotatable bonds is 6. The third-order valence-corrected chi connectivity index (χ3v) is 3.83. The summed E-state index contributed by atoms with van der Waals surface area (Å²) in [5.74, 6) is -1.51. The fourth-order valence-corrected chi connectivity index (χ4v) is 2.46. The number of phenols is 1. The second kappa shape index (κ2) is 8.05. The fourth-order valence-electron chi connectivity index (χ4n) is 2.46. The molecule has 0 radical (unpaired) electrons. The number of ether oxygens (including phenoxy) is 1. The van der Waals surface area contributed by atoms with Crippen molar-refractivity contribution in [3.8, 4) is 11.5 Å². The molecule has 0 bridgehead atoms. The second-order valence-corrected chi connectivity index (χ2v) is 5.79. The molecule has 0 atom stereocenters. The number of benzene rings is 3. The molecule has 0 saturated heterocycles. The summed E-state index contributed by atoms with van der Waals surface area (Å²) in [6.07, 6.45) is 0. The summed E-state index contributed by atoms with van der Waals surface area (Å²) in [7, 11) is 0. The molecule has 0 aromatic heterocycles.